The molecule has 0 spiro atoms. The summed E-state index contributed by atoms with van der Waals surface area (Å²) in [5, 5.41) is 12.7. The Morgan fingerprint density at radius 2 is 2.03 bits per heavy atom. The normalized spacial score (nSPS) is 14.4. The van der Waals surface area contributed by atoms with Crippen LogP contribution in [0.5, 0.6) is 0 Å². The molecule has 0 radical (unpaired) electrons. The summed E-state index contributed by atoms with van der Waals surface area (Å²) in [6.45, 7) is 2.99. The van der Waals surface area contributed by atoms with Gasteiger partial charge in [-0.25, -0.2) is 18.3 Å². The molecule has 0 saturated carbocycles. The standard InChI is InChI=1S/C21H25N4O5S2/c26-25(27)18-5-4-16-9-13-24(15-17(16)14-18)12-3-1-2-10-23-32(28,29)21-7-6-20(31-21)19-8-11-22-30-19/h4-8,11,14,23H,1-3,9-10,12-13,15H2,(H,26,27)/q+1. The van der Waals surface area contributed by atoms with Gasteiger partial charge in [0.1, 0.15) is 4.21 Å². The molecule has 2 aromatic heterocycles. The van der Waals surface area contributed by atoms with Gasteiger partial charge >= 0.3 is 5.69 Å². The Bertz CT molecular complexity index is 1170. The second-order valence-corrected chi connectivity index (χ2v) is 10.8. The molecule has 0 amide bonds. The van der Waals surface area contributed by atoms with Gasteiger partial charge in [-0.2, -0.15) is 0 Å². The minimum Gasteiger partial charge on any atom is -0.355 e. The minimum atomic E-state index is -3.54. The molecule has 0 aliphatic carbocycles. The number of sulfonamides is 1. The van der Waals surface area contributed by atoms with E-state index in [-0.39, 0.29) is 14.8 Å². The van der Waals surface area contributed by atoms with Crippen LogP contribution in [0.3, 0.4) is 0 Å². The number of aromatic nitrogens is 1. The van der Waals surface area contributed by atoms with Crippen LogP contribution >= 0.6 is 11.3 Å². The number of hydrogen-bond donors (Lipinski definition) is 2. The Morgan fingerprint density at radius 3 is 2.81 bits per heavy atom. The molecule has 9 nitrogen and oxygen atoms in total. The SMILES string of the molecule is O=[N+](O)c1ccc2c(c1)CN(CCCCCNS(=O)(=O)c1ccc(-c3ccno3)s1)CC2. The Kier molecular flexibility index (Phi) is 6.99. The van der Waals surface area contributed by atoms with Gasteiger partial charge in [0.2, 0.25) is 10.0 Å². The largest absolute Gasteiger partial charge is 0.355 e. The van der Waals surface area contributed by atoms with Crippen molar-refractivity contribution < 1.29 is 23.1 Å². The Morgan fingerprint density at radius 1 is 1.16 bits per heavy atom. The summed E-state index contributed by atoms with van der Waals surface area (Å²) in [4.78, 5) is 14.0. The van der Waals surface area contributed by atoms with Crippen LogP contribution in [0.2, 0.25) is 0 Å². The molecule has 0 bridgehead atoms. The van der Waals surface area contributed by atoms with E-state index >= 15 is 0 Å². The lowest BCUT2D eigenvalue weighted by Crippen LogP contribution is -2.31. The van der Waals surface area contributed by atoms with E-state index in [1.54, 1.807) is 30.3 Å². The summed E-state index contributed by atoms with van der Waals surface area (Å²) < 4.78 is 33.0. The molecule has 3 aromatic rings. The van der Waals surface area contributed by atoms with Crippen molar-refractivity contribution in [3.8, 4) is 10.6 Å². The molecule has 0 saturated heterocycles. The van der Waals surface area contributed by atoms with E-state index in [0.717, 1.165) is 67.1 Å². The van der Waals surface area contributed by atoms with Gasteiger partial charge in [-0.3, -0.25) is 4.90 Å². The fraction of sp³-hybridized carbons (Fsp3) is 0.381. The lowest BCUT2D eigenvalue weighted by Gasteiger charge is -2.28. The number of hydrogen-bond acceptors (Lipinski definition) is 7. The first kappa shape index (κ1) is 22.6. The van der Waals surface area contributed by atoms with Crippen LogP contribution in [-0.2, 0) is 23.0 Å². The van der Waals surface area contributed by atoms with E-state index in [4.69, 9.17) is 9.73 Å². The molecule has 170 valence electrons. The summed E-state index contributed by atoms with van der Waals surface area (Å²) in [7, 11) is -3.54. The lowest BCUT2D eigenvalue weighted by molar-refractivity contribution is -0.729. The van der Waals surface area contributed by atoms with Crippen molar-refractivity contribution in [1.29, 1.82) is 0 Å². The van der Waals surface area contributed by atoms with E-state index < -0.39 is 10.0 Å². The van der Waals surface area contributed by atoms with Crippen molar-refractivity contribution in [2.45, 2.75) is 36.4 Å². The molecule has 0 fully saturated rings. The smallest absolute Gasteiger partial charge is 0.316 e. The second kappa shape index (κ2) is 9.90. The van der Waals surface area contributed by atoms with Crippen molar-refractivity contribution in [3.63, 3.8) is 0 Å². The van der Waals surface area contributed by atoms with Gasteiger partial charge < -0.3 is 4.52 Å². The maximum Gasteiger partial charge on any atom is 0.316 e. The van der Waals surface area contributed by atoms with Crippen molar-refractivity contribution in [1.82, 2.24) is 14.8 Å². The second-order valence-electron chi connectivity index (χ2n) is 7.71. The molecule has 0 atom stereocenters. The van der Waals surface area contributed by atoms with Gasteiger partial charge in [-0.1, -0.05) is 17.6 Å². The highest BCUT2D eigenvalue weighted by molar-refractivity contribution is 7.91. The van der Waals surface area contributed by atoms with Gasteiger partial charge in [0.25, 0.3) is 4.92 Å². The number of fused-ring (bicyclic) bond motifs is 1. The van der Waals surface area contributed by atoms with Crippen LogP contribution in [0, 0.1) is 4.91 Å². The van der Waals surface area contributed by atoms with Crippen LogP contribution in [0.25, 0.3) is 10.6 Å². The zero-order chi connectivity index (χ0) is 22.6. The van der Waals surface area contributed by atoms with E-state index in [1.165, 1.54) is 11.8 Å². The van der Waals surface area contributed by atoms with Gasteiger partial charge in [0, 0.05) is 37.8 Å². The van der Waals surface area contributed by atoms with E-state index in [0.29, 0.717) is 12.3 Å². The zero-order valence-corrected chi connectivity index (χ0v) is 19.1. The van der Waals surface area contributed by atoms with Crippen LogP contribution in [0.4, 0.5) is 5.69 Å². The van der Waals surface area contributed by atoms with Gasteiger partial charge in [0.15, 0.2) is 5.76 Å². The molecular weight excluding hydrogens is 452 g/mol. The summed E-state index contributed by atoms with van der Waals surface area (Å²) in [5.74, 6) is 0.551. The van der Waals surface area contributed by atoms with Crippen LogP contribution in [-0.4, -0.2) is 48.2 Å². The zero-order valence-electron chi connectivity index (χ0n) is 17.4. The van der Waals surface area contributed by atoms with E-state index in [9.17, 15) is 13.3 Å². The highest BCUT2D eigenvalue weighted by Crippen LogP contribution is 2.30. The monoisotopic (exact) mass is 477 g/mol. The number of benzene rings is 1. The Labute approximate surface area is 190 Å². The Balaban J connectivity index is 1.18. The predicted octanol–water partition coefficient (Wildman–Crippen LogP) is 3.71. The number of nitrogens with one attached hydrogen (secondary N) is 1. The van der Waals surface area contributed by atoms with Crippen molar-refractivity contribution >= 4 is 27.0 Å². The molecule has 1 aliphatic rings. The molecule has 11 heteroatoms. The minimum absolute atomic E-state index is 0.106. The highest BCUT2D eigenvalue weighted by atomic mass is 32.2. The average Bonchev–Trinajstić information content (AvgIpc) is 3.47. The third-order valence-electron chi connectivity index (χ3n) is 5.47. The van der Waals surface area contributed by atoms with Gasteiger partial charge in [-0.15, -0.1) is 11.3 Å². The molecular formula is C21H25N4O5S2+. The number of nitrogens with zero attached hydrogens (tertiary/aromatic N) is 3. The number of rotatable bonds is 10. The first-order valence-electron chi connectivity index (χ1n) is 10.4. The summed E-state index contributed by atoms with van der Waals surface area (Å²) in [5.41, 5.74) is 2.52. The summed E-state index contributed by atoms with van der Waals surface area (Å²) in [6.07, 6.45) is 5.06. The maximum atomic E-state index is 12.5. The van der Waals surface area contributed by atoms with Crippen molar-refractivity contribution in [2.75, 3.05) is 19.6 Å². The topological polar surface area (TPSA) is 116 Å². The third-order valence-corrected chi connectivity index (χ3v) is 8.52. The first-order valence-corrected chi connectivity index (χ1v) is 12.7. The highest BCUT2D eigenvalue weighted by Gasteiger charge is 2.21. The number of thiophene rings is 1. The third kappa shape index (κ3) is 5.41. The molecule has 4 rings (SSSR count). The van der Waals surface area contributed by atoms with Crippen molar-refractivity contribution in [2.24, 2.45) is 0 Å². The fourth-order valence-corrected chi connectivity index (χ4v) is 6.15. The lowest BCUT2D eigenvalue weighted by atomic mass is 9.99. The maximum absolute atomic E-state index is 12.5. The summed E-state index contributed by atoms with van der Waals surface area (Å²) in [6, 6.07) is 10.3. The van der Waals surface area contributed by atoms with E-state index in [1.807, 2.05) is 6.07 Å². The van der Waals surface area contributed by atoms with Crippen molar-refractivity contribution in [3.05, 3.63) is 58.6 Å². The molecule has 0 unspecified atom stereocenters. The fourth-order valence-electron chi connectivity index (χ4n) is 3.77. The summed E-state index contributed by atoms with van der Waals surface area (Å²) >= 11 is 1.15. The first-order chi connectivity index (χ1) is 15.4. The predicted molar refractivity (Wildman–Crippen MR) is 119 cm³/mol. The van der Waals surface area contributed by atoms with Crippen LogP contribution in [0.15, 0.2) is 51.3 Å². The van der Waals surface area contributed by atoms with Gasteiger partial charge in [0.05, 0.1) is 16.0 Å². The molecule has 1 aliphatic heterocycles. The molecule has 2 N–H and O–H groups in total. The Hall–Kier alpha value is -2.60. The quantitative estimate of drug-likeness (QED) is 0.338. The number of unbranched alkanes of at least 4 members (excludes halogenated alkanes) is 2. The molecule has 32 heavy (non-hydrogen) atoms. The van der Waals surface area contributed by atoms with E-state index in [2.05, 4.69) is 14.8 Å². The molecule has 1 aromatic carbocycles. The van der Waals surface area contributed by atoms with Crippen LogP contribution in [0.1, 0.15) is 30.4 Å². The van der Waals surface area contributed by atoms with Gasteiger partial charge in [-0.05, 0) is 49.1 Å². The molecule has 3 heterocycles. The van der Waals surface area contributed by atoms with Crippen LogP contribution < -0.4 is 4.72 Å². The average molecular weight is 478 g/mol.